The molecule has 0 saturated carbocycles. The molecule has 6 heteroatoms. The number of carbonyl (C=O) groups excluding carboxylic acids is 1. The van der Waals surface area contributed by atoms with Crippen molar-refractivity contribution < 1.29 is 9.53 Å². The van der Waals surface area contributed by atoms with E-state index in [1.165, 1.54) is 23.3 Å². The van der Waals surface area contributed by atoms with Gasteiger partial charge in [0.05, 0.1) is 18.7 Å². The van der Waals surface area contributed by atoms with Crippen LogP contribution in [0.5, 0.6) is 5.75 Å². The minimum absolute atomic E-state index is 0.0126. The number of carbonyl (C=O) groups is 1. The van der Waals surface area contributed by atoms with Gasteiger partial charge in [0, 0.05) is 22.1 Å². The maximum absolute atomic E-state index is 13.1. The van der Waals surface area contributed by atoms with Crippen molar-refractivity contribution in [2.45, 2.75) is 29.5 Å². The van der Waals surface area contributed by atoms with Gasteiger partial charge in [-0.3, -0.25) is 9.69 Å². The normalized spacial score (nSPS) is 15.0. The zero-order valence-electron chi connectivity index (χ0n) is 17.8. The number of benzene rings is 2. The smallest absolute Gasteiger partial charge is 0.252 e. The molecule has 4 rings (SSSR count). The lowest BCUT2D eigenvalue weighted by molar-refractivity contribution is 0.0935. The molecule has 2 aromatic carbocycles. The van der Waals surface area contributed by atoms with E-state index in [2.05, 4.69) is 39.9 Å². The second-order valence-corrected chi connectivity index (χ2v) is 9.66. The number of hydrogen-bond donors (Lipinski definition) is 1. The van der Waals surface area contributed by atoms with Crippen LogP contribution in [0.15, 0.2) is 70.9 Å². The van der Waals surface area contributed by atoms with Gasteiger partial charge in [-0.2, -0.15) is 0 Å². The minimum Gasteiger partial charge on any atom is -0.497 e. The molecule has 4 nitrogen and oxygen atoms in total. The lowest BCUT2D eigenvalue weighted by Gasteiger charge is -2.28. The van der Waals surface area contributed by atoms with Gasteiger partial charge in [-0.15, -0.1) is 23.1 Å². The highest BCUT2D eigenvalue weighted by atomic mass is 32.2. The summed E-state index contributed by atoms with van der Waals surface area (Å²) < 4.78 is 5.43. The van der Waals surface area contributed by atoms with Crippen LogP contribution in [0.4, 0.5) is 0 Å². The van der Waals surface area contributed by atoms with Crippen LogP contribution in [0.3, 0.4) is 0 Å². The molecule has 0 spiro atoms. The van der Waals surface area contributed by atoms with Crippen molar-refractivity contribution in [2.75, 3.05) is 26.7 Å². The molecule has 2 heterocycles. The number of rotatable bonds is 9. The summed E-state index contributed by atoms with van der Waals surface area (Å²) >= 11 is 3.46. The molecule has 1 saturated heterocycles. The van der Waals surface area contributed by atoms with Crippen LogP contribution in [-0.4, -0.2) is 37.6 Å². The largest absolute Gasteiger partial charge is 0.497 e. The zero-order valence-corrected chi connectivity index (χ0v) is 19.4. The lowest BCUT2D eigenvalue weighted by Crippen LogP contribution is -2.37. The number of methoxy groups -OCH3 is 1. The van der Waals surface area contributed by atoms with Crippen LogP contribution in [0, 0.1) is 0 Å². The van der Waals surface area contributed by atoms with Gasteiger partial charge in [-0.1, -0.05) is 30.3 Å². The summed E-state index contributed by atoms with van der Waals surface area (Å²) in [5, 5.41) is 5.30. The second kappa shape index (κ2) is 10.8. The molecule has 1 atom stereocenters. The molecule has 0 aliphatic carbocycles. The zero-order chi connectivity index (χ0) is 21.5. The van der Waals surface area contributed by atoms with E-state index < -0.39 is 0 Å². The van der Waals surface area contributed by atoms with E-state index in [4.69, 9.17) is 4.74 Å². The van der Waals surface area contributed by atoms with Crippen LogP contribution in [-0.2, 0) is 5.75 Å². The molecule has 1 fully saturated rings. The molecule has 0 radical (unpaired) electrons. The lowest BCUT2D eigenvalue weighted by atomic mass is 10.0. The van der Waals surface area contributed by atoms with Crippen molar-refractivity contribution >= 4 is 29.0 Å². The number of amides is 1. The minimum atomic E-state index is -0.0126. The number of thioether (sulfide) groups is 1. The molecule has 1 aromatic heterocycles. The molecule has 1 aliphatic heterocycles. The van der Waals surface area contributed by atoms with Crippen molar-refractivity contribution in [3.05, 3.63) is 82.0 Å². The summed E-state index contributed by atoms with van der Waals surface area (Å²) in [6.45, 7) is 2.70. The molecule has 3 aromatic rings. The van der Waals surface area contributed by atoms with E-state index in [0.29, 0.717) is 6.54 Å². The van der Waals surface area contributed by atoms with Crippen LogP contribution >= 0.6 is 23.1 Å². The first-order chi connectivity index (χ1) is 15.2. The fraction of sp³-hybridized carbons (Fsp3) is 0.320. The Balaban J connectivity index is 1.46. The van der Waals surface area contributed by atoms with E-state index in [1.54, 1.807) is 30.2 Å². The third-order valence-corrected chi connectivity index (χ3v) is 7.78. The number of thiophene rings is 1. The highest BCUT2D eigenvalue weighted by Crippen LogP contribution is 2.29. The molecular formula is C25H28N2O2S2. The van der Waals surface area contributed by atoms with Gasteiger partial charge in [0.25, 0.3) is 5.91 Å². The van der Waals surface area contributed by atoms with Crippen LogP contribution in [0.25, 0.3) is 0 Å². The summed E-state index contributed by atoms with van der Waals surface area (Å²) in [4.78, 5) is 17.9. The Morgan fingerprint density at radius 1 is 1.13 bits per heavy atom. The van der Waals surface area contributed by atoms with Crippen molar-refractivity contribution in [3.8, 4) is 5.75 Å². The first kappa shape index (κ1) is 21.9. The Morgan fingerprint density at radius 3 is 2.74 bits per heavy atom. The molecule has 0 bridgehead atoms. The SMILES string of the molecule is COc1cccc(C(CNC(=O)c2ccccc2SCc2cccs2)N2CCCC2)c1. The topological polar surface area (TPSA) is 41.6 Å². The van der Waals surface area contributed by atoms with Gasteiger partial charge < -0.3 is 10.1 Å². The van der Waals surface area contributed by atoms with E-state index in [-0.39, 0.29) is 11.9 Å². The van der Waals surface area contributed by atoms with Gasteiger partial charge in [0.2, 0.25) is 0 Å². The van der Waals surface area contributed by atoms with Gasteiger partial charge in [-0.25, -0.2) is 0 Å². The molecule has 1 N–H and O–H groups in total. The van der Waals surface area contributed by atoms with Gasteiger partial charge in [-0.05, 0) is 67.2 Å². The third-order valence-electron chi connectivity index (χ3n) is 5.60. The molecule has 1 amide bonds. The number of likely N-dealkylation sites (tertiary alicyclic amines) is 1. The predicted octanol–water partition coefficient (Wildman–Crippen LogP) is 5.62. The standard InChI is InChI=1S/C25H28N2O2S2/c1-29-20-9-6-8-19(16-20)23(27-13-4-5-14-27)17-26-25(28)22-11-2-3-12-24(22)31-18-21-10-7-15-30-21/h2-3,6-12,15-16,23H,4-5,13-14,17-18H2,1H3,(H,26,28). The molecule has 31 heavy (non-hydrogen) atoms. The van der Waals surface area contributed by atoms with Crippen molar-refractivity contribution in [1.82, 2.24) is 10.2 Å². The van der Waals surface area contributed by atoms with E-state index in [1.807, 2.05) is 36.4 Å². The Labute approximate surface area is 192 Å². The second-order valence-electron chi connectivity index (χ2n) is 7.61. The van der Waals surface area contributed by atoms with Crippen molar-refractivity contribution in [1.29, 1.82) is 0 Å². The van der Waals surface area contributed by atoms with Crippen LogP contribution < -0.4 is 10.1 Å². The summed E-state index contributed by atoms with van der Waals surface area (Å²) in [6, 6.07) is 20.4. The highest BCUT2D eigenvalue weighted by Gasteiger charge is 2.25. The maximum Gasteiger partial charge on any atom is 0.252 e. The van der Waals surface area contributed by atoms with E-state index in [9.17, 15) is 4.79 Å². The molecule has 1 aliphatic rings. The van der Waals surface area contributed by atoms with Gasteiger partial charge >= 0.3 is 0 Å². The predicted molar refractivity (Wildman–Crippen MR) is 129 cm³/mol. The van der Waals surface area contributed by atoms with Crippen molar-refractivity contribution in [2.24, 2.45) is 0 Å². The summed E-state index contributed by atoms with van der Waals surface area (Å²) in [5.41, 5.74) is 1.93. The van der Waals surface area contributed by atoms with Crippen molar-refractivity contribution in [3.63, 3.8) is 0 Å². The quantitative estimate of drug-likeness (QED) is 0.428. The Kier molecular flexibility index (Phi) is 7.67. The summed E-state index contributed by atoms with van der Waals surface area (Å²) in [5.74, 6) is 1.71. The van der Waals surface area contributed by atoms with E-state index in [0.717, 1.165) is 35.1 Å². The molecule has 1 unspecified atom stereocenters. The molecule has 162 valence electrons. The summed E-state index contributed by atoms with van der Waals surface area (Å²) in [6.07, 6.45) is 2.41. The number of nitrogens with one attached hydrogen (secondary N) is 1. The van der Waals surface area contributed by atoms with Gasteiger partial charge in [0.1, 0.15) is 5.75 Å². The highest BCUT2D eigenvalue weighted by molar-refractivity contribution is 7.98. The number of nitrogens with zero attached hydrogens (tertiary/aromatic N) is 1. The average molecular weight is 453 g/mol. The molecular weight excluding hydrogens is 424 g/mol. The summed E-state index contributed by atoms with van der Waals surface area (Å²) in [7, 11) is 1.69. The number of ether oxygens (including phenoxy) is 1. The third kappa shape index (κ3) is 5.70. The Morgan fingerprint density at radius 2 is 1.97 bits per heavy atom. The monoisotopic (exact) mass is 452 g/mol. The maximum atomic E-state index is 13.1. The Hall–Kier alpha value is -2.28. The average Bonchev–Trinajstić information content (AvgIpc) is 3.53. The number of hydrogen-bond acceptors (Lipinski definition) is 5. The first-order valence-electron chi connectivity index (χ1n) is 10.6. The first-order valence-corrected chi connectivity index (χ1v) is 12.5. The van der Waals surface area contributed by atoms with Gasteiger partial charge in [0.15, 0.2) is 0 Å². The fourth-order valence-corrected chi connectivity index (χ4v) is 5.79. The van der Waals surface area contributed by atoms with Crippen LogP contribution in [0.1, 0.15) is 39.7 Å². The van der Waals surface area contributed by atoms with E-state index >= 15 is 0 Å². The van der Waals surface area contributed by atoms with Crippen LogP contribution in [0.2, 0.25) is 0 Å². The fourth-order valence-electron chi connectivity index (χ4n) is 3.97. The Bertz CT molecular complexity index is 985.